The lowest BCUT2D eigenvalue weighted by Crippen LogP contribution is -2.36. The largest absolute Gasteiger partial charge is 0.398 e. The fraction of sp³-hybridized carbons (Fsp3) is 0.750. The lowest BCUT2D eigenvalue weighted by Gasteiger charge is -2.39. The molecule has 0 bridgehead atoms. The molecule has 2 nitrogen and oxygen atoms in total. The molecule has 0 amide bonds. The zero-order valence-electron chi connectivity index (χ0n) is 12.5. The average Bonchev–Trinajstić information content (AvgIpc) is 2.82. The molecule has 1 fully saturated rings. The number of nitrogens with one attached hydrogen (secondary N) is 1. The molecule has 1 aliphatic rings. The highest BCUT2D eigenvalue weighted by Gasteiger charge is 2.31. The van der Waals surface area contributed by atoms with Crippen LogP contribution in [0.1, 0.15) is 57.8 Å². The van der Waals surface area contributed by atoms with E-state index in [2.05, 4.69) is 31.5 Å². The van der Waals surface area contributed by atoms with E-state index < -0.39 is 0 Å². The Kier molecular flexibility index (Phi) is 4.91. The molecule has 1 aromatic rings. The summed E-state index contributed by atoms with van der Waals surface area (Å²) in [4.78, 5) is 1.29. The van der Waals surface area contributed by atoms with Crippen molar-refractivity contribution in [1.29, 1.82) is 0 Å². The van der Waals surface area contributed by atoms with E-state index >= 15 is 0 Å². The maximum absolute atomic E-state index is 5.92. The molecule has 3 N–H and O–H groups in total. The Morgan fingerprint density at radius 2 is 2.00 bits per heavy atom. The molecule has 1 aliphatic carbocycles. The zero-order valence-corrected chi connectivity index (χ0v) is 13.4. The Hall–Kier alpha value is -0.540. The molecule has 0 saturated heterocycles. The van der Waals surface area contributed by atoms with Gasteiger partial charge < -0.3 is 11.1 Å². The maximum Gasteiger partial charge on any atom is 0.0468 e. The van der Waals surface area contributed by atoms with Crippen molar-refractivity contribution in [3.63, 3.8) is 0 Å². The minimum Gasteiger partial charge on any atom is -0.398 e. The van der Waals surface area contributed by atoms with E-state index in [9.17, 15) is 0 Å². The summed E-state index contributed by atoms with van der Waals surface area (Å²) in [6, 6.07) is 2.69. The summed E-state index contributed by atoms with van der Waals surface area (Å²) in [5, 5.41) is 5.76. The lowest BCUT2D eigenvalue weighted by atomic mass is 9.69. The fourth-order valence-electron chi connectivity index (χ4n) is 3.10. The summed E-state index contributed by atoms with van der Waals surface area (Å²) >= 11 is 1.76. The van der Waals surface area contributed by atoms with Crippen LogP contribution in [-0.4, -0.2) is 6.04 Å². The van der Waals surface area contributed by atoms with Crippen molar-refractivity contribution in [3.8, 4) is 0 Å². The van der Waals surface area contributed by atoms with Crippen molar-refractivity contribution in [1.82, 2.24) is 5.32 Å². The number of nitrogens with two attached hydrogens (primary N) is 1. The highest BCUT2D eigenvalue weighted by atomic mass is 32.1. The lowest BCUT2D eigenvalue weighted by molar-refractivity contribution is 0.137. The molecule has 0 aliphatic heterocycles. The van der Waals surface area contributed by atoms with Crippen molar-refractivity contribution in [2.24, 2.45) is 11.3 Å². The SMILES string of the molecule is CCC(C)(C)C1CCC(NCc2sccc2N)CC1. The molecule has 0 spiro atoms. The van der Waals surface area contributed by atoms with Crippen molar-refractivity contribution in [2.75, 3.05) is 5.73 Å². The molecule has 0 aromatic carbocycles. The van der Waals surface area contributed by atoms with E-state index in [4.69, 9.17) is 5.73 Å². The van der Waals surface area contributed by atoms with Crippen molar-refractivity contribution < 1.29 is 0 Å². The zero-order chi connectivity index (χ0) is 13.9. The summed E-state index contributed by atoms with van der Waals surface area (Å²) in [5.74, 6) is 0.905. The summed E-state index contributed by atoms with van der Waals surface area (Å²) in [6.45, 7) is 8.12. The van der Waals surface area contributed by atoms with Crippen molar-refractivity contribution in [3.05, 3.63) is 16.3 Å². The van der Waals surface area contributed by atoms with Gasteiger partial charge in [-0.15, -0.1) is 11.3 Å². The van der Waals surface area contributed by atoms with Gasteiger partial charge in [0.1, 0.15) is 0 Å². The van der Waals surface area contributed by atoms with Crippen LogP contribution < -0.4 is 11.1 Å². The van der Waals surface area contributed by atoms with Crippen LogP contribution in [0, 0.1) is 11.3 Å². The number of anilines is 1. The number of hydrogen-bond donors (Lipinski definition) is 2. The molecule has 1 aromatic heterocycles. The smallest absolute Gasteiger partial charge is 0.0468 e. The second-order valence-electron chi connectivity index (χ2n) is 6.57. The van der Waals surface area contributed by atoms with Crippen LogP contribution in [0.5, 0.6) is 0 Å². The van der Waals surface area contributed by atoms with Crippen LogP contribution in [0.25, 0.3) is 0 Å². The standard InChI is InChI=1S/C16H28N2S/c1-4-16(2,3)12-5-7-13(8-6-12)18-11-15-14(17)9-10-19-15/h9-10,12-13,18H,4-8,11,17H2,1-3H3. The summed E-state index contributed by atoms with van der Waals surface area (Å²) in [5.41, 5.74) is 7.38. The van der Waals surface area contributed by atoms with Crippen molar-refractivity contribution >= 4 is 17.0 Å². The molecular formula is C16H28N2S. The number of thiophene rings is 1. The van der Waals surface area contributed by atoms with E-state index in [1.54, 1.807) is 11.3 Å². The maximum atomic E-state index is 5.92. The highest BCUT2D eigenvalue weighted by molar-refractivity contribution is 7.10. The van der Waals surface area contributed by atoms with E-state index in [1.807, 2.05) is 6.07 Å². The predicted molar refractivity (Wildman–Crippen MR) is 85.4 cm³/mol. The number of nitrogen functional groups attached to an aromatic ring is 1. The third-order valence-electron chi connectivity index (χ3n) is 5.07. The molecule has 0 radical (unpaired) electrons. The molecule has 0 unspecified atom stereocenters. The molecule has 108 valence electrons. The van der Waals surface area contributed by atoms with E-state index in [0.717, 1.165) is 18.2 Å². The molecule has 1 saturated carbocycles. The van der Waals surface area contributed by atoms with Gasteiger partial charge in [0, 0.05) is 23.2 Å². The third kappa shape index (κ3) is 3.73. The van der Waals surface area contributed by atoms with Gasteiger partial charge in [0.05, 0.1) is 0 Å². The number of rotatable bonds is 5. The molecule has 2 rings (SSSR count). The van der Waals surface area contributed by atoms with Gasteiger partial charge in [0.25, 0.3) is 0 Å². The van der Waals surface area contributed by atoms with Crippen LogP contribution >= 0.6 is 11.3 Å². The average molecular weight is 280 g/mol. The van der Waals surface area contributed by atoms with Gasteiger partial charge in [-0.05, 0) is 48.5 Å². The first-order valence-electron chi connectivity index (χ1n) is 7.58. The number of hydrogen-bond acceptors (Lipinski definition) is 3. The highest BCUT2D eigenvalue weighted by Crippen LogP contribution is 2.40. The normalized spacial score (nSPS) is 24.6. The second kappa shape index (κ2) is 6.27. The summed E-state index contributed by atoms with van der Waals surface area (Å²) < 4.78 is 0. The van der Waals surface area contributed by atoms with Crippen LogP contribution in [-0.2, 0) is 6.54 Å². The minimum atomic E-state index is 0.517. The van der Waals surface area contributed by atoms with Gasteiger partial charge in [-0.2, -0.15) is 0 Å². The Bertz CT molecular complexity index is 389. The third-order valence-corrected chi connectivity index (χ3v) is 6.01. The molecule has 19 heavy (non-hydrogen) atoms. The summed E-state index contributed by atoms with van der Waals surface area (Å²) in [7, 11) is 0. The van der Waals surface area contributed by atoms with E-state index in [1.165, 1.54) is 37.0 Å². The Labute approximate surface area is 121 Å². The first-order chi connectivity index (χ1) is 9.03. The van der Waals surface area contributed by atoms with Crippen LogP contribution in [0.15, 0.2) is 11.4 Å². The predicted octanol–water partition coefficient (Wildman–Crippen LogP) is 4.41. The Morgan fingerprint density at radius 1 is 1.32 bits per heavy atom. The van der Waals surface area contributed by atoms with E-state index in [0.29, 0.717) is 11.5 Å². The molecule has 3 heteroatoms. The topological polar surface area (TPSA) is 38.0 Å². The fourth-order valence-corrected chi connectivity index (χ4v) is 3.85. The van der Waals surface area contributed by atoms with Gasteiger partial charge in [-0.1, -0.05) is 27.2 Å². The Balaban J connectivity index is 1.76. The van der Waals surface area contributed by atoms with Crippen LogP contribution in [0.2, 0.25) is 0 Å². The van der Waals surface area contributed by atoms with Crippen LogP contribution in [0.3, 0.4) is 0 Å². The molecule has 1 heterocycles. The van der Waals surface area contributed by atoms with Gasteiger partial charge in [0.15, 0.2) is 0 Å². The molecule has 0 atom stereocenters. The van der Waals surface area contributed by atoms with E-state index in [-0.39, 0.29) is 0 Å². The minimum absolute atomic E-state index is 0.517. The van der Waals surface area contributed by atoms with Gasteiger partial charge in [-0.3, -0.25) is 0 Å². The Morgan fingerprint density at radius 3 is 2.53 bits per heavy atom. The first-order valence-corrected chi connectivity index (χ1v) is 8.46. The quantitative estimate of drug-likeness (QED) is 0.838. The van der Waals surface area contributed by atoms with Crippen LogP contribution in [0.4, 0.5) is 5.69 Å². The first kappa shape index (κ1) is 14.9. The van der Waals surface area contributed by atoms with Gasteiger partial charge in [0.2, 0.25) is 0 Å². The van der Waals surface area contributed by atoms with Crippen molar-refractivity contribution in [2.45, 2.75) is 65.5 Å². The second-order valence-corrected chi connectivity index (χ2v) is 7.57. The van der Waals surface area contributed by atoms with Gasteiger partial charge in [-0.25, -0.2) is 0 Å². The molecular weight excluding hydrogens is 252 g/mol. The summed E-state index contributed by atoms with van der Waals surface area (Å²) in [6.07, 6.45) is 6.68. The monoisotopic (exact) mass is 280 g/mol. The van der Waals surface area contributed by atoms with Gasteiger partial charge >= 0.3 is 0 Å².